The summed E-state index contributed by atoms with van der Waals surface area (Å²) in [5.41, 5.74) is 2.30. The van der Waals surface area contributed by atoms with Crippen molar-refractivity contribution in [3.8, 4) is 11.5 Å². The Morgan fingerprint density at radius 3 is 2.68 bits per heavy atom. The molecule has 1 aliphatic heterocycles. The molecule has 1 amide bonds. The number of carbonyl (C=O) groups is 1. The molecule has 1 N–H and O–H groups in total. The van der Waals surface area contributed by atoms with Crippen molar-refractivity contribution in [2.24, 2.45) is 0 Å². The highest BCUT2D eigenvalue weighted by Gasteiger charge is 2.41. The van der Waals surface area contributed by atoms with Crippen molar-refractivity contribution in [2.75, 3.05) is 7.11 Å². The molecule has 144 valence electrons. The Kier molecular flexibility index (Phi) is 5.54. The Labute approximate surface area is 182 Å². The third-order valence-corrected chi connectivity index (χ3v) is 5.66. The van der Waals surface area contributed by atoms with Crippen molar-refractivity contribution in [1.82, 2.24) is 10.2 Å². The number of nitrogens with one attached hydrogen (secondary N) is 1. The molecule has 2 aromatic rings. The summed E-state index contributed by atoms with van der Waals surface area (Å²) in [4.78, 5) is 14.3. The number of amides is 1. The van der Waals surface area contributed by atoms with Gasteiger partial charge in [-0.15, -0.1) is 0 Å². The molecule has 2 aliphatic rings. The number of hydrogen-bond donors (Lipinski definition) is 1. The summed E-state index contributed by atoms with van der Waals surface area (Å²) >= 11 is 7.57. The molecule has 0 bridgehead atoms. The van der Waals surface area contributed by atoms with E-state index in [9.17, 15) is 4.79 Å². The van der Waals surface area contributed by atoms with E-state index in [0.717, 1.165) is 39.0 Å². The first-order chi connectivity index (χ1) is 13.5. The largest absolute Gasteiger partial charge is 0.496 e. The van der Waals surface area contributed by atoms with Gasteiger partial charge >= 0.3 is 0 Å². The molecule has 1 aliphatic carbocycles. The van der Waals surface area contributed by atoms with Gasteiger partial charge in [-0.3, -0.25) is 9.69 Å². The zero-order chi connectivity index (χ0) is 19.7. The van der Waals surface area contributed by atoms with Crippen LogP contribution in [0.2, 0.25) is 0 Å². The number of carbonyl (C=O) groups excluding carboxylic acids is 1. The van der Waals surface area contributed by atoms with Crippen molar-refractivity contribution in [1.29, 1.82) is 0 Å². The molecule has 2 fully saturated rings. The number of halogens is 1. The third-order valence-electron chi connectivity index (χ3n) is 4.65. The molecular formula is C21H19IN2O3S. The summed E-state index contributed by atoms with van der Waals surface area (Å²) in [5.74, 6) is 1.48. The molecule has 0 atom stereocenters. The lowest BCUT2D eigenvalue weighted by atomic mass is 10.1. The molecule has 1 heterocycles. The van der Waals surface area contributed by atoms with Crippen molar-refractivity contribution in [2.45, 2.75) is 25.5 Å². The van der Waals surface area contributed by atoms with Crippen molar-refractivity contribution in [3.05, 3.63) is 62.9 Å². The van der Waals surface area contributed by atoms with Gasteiger partial charge in [-0.1, -0.05) is 6.07 Å². The highest BCUT2D eigenvalue weighted by Crippen LogP contribution is 2.31. The van der Waals surface area contributed by atoms with Crippen LogP contribution in [-0.2, 0) is 11.4 Å². The summed E-state index contributed by atoms with van der Waals surface area (Å²) in [6.45, 7) is 0.370. The molecule has 1 saturated heterocycles. The van der Waals surface area contributed by atoms with Gasteiger partial charge in [0.15, 0.2) is 5.11 Å². The molecule has 5 nitrogen and oxygen atoms in total. The lowest BCUT2D eigenvalue weighted by Gasteiger charge is -2.12. The van der Waals surface area contributed by atoms with Crippen LogP contribution in [0.4, 0.5) is 0 Å². The number of rotatable bonds is 6. The van der Waals surface area contributed by atoms with E-state index in [2.05, 4.69) is 27.9 Å². The molecule has 0 spiro atoms. The number of benzene rings is 2. The van der Waals surface area contributed by atoms with Crippen LogP contribution in [0.3, 0.4) is 0 Å². The minimum atomic E-state index is -0.0555. The van der Waals surface area contributed by atoms with Gasteiger partial charge in [-0.2, -0.15) is 0 Å². The number of nitrogens with zero attached hydrogens (tertiary/aromatic N) is 1. The fourth-order valence-corrected chi connectivity index (χ4v) is 3.77. The molecule has 1 saturated carbocycles. The fourth-order valence-electron chi connectivity index (χ4n) is 3.07. The predicted molar refractivity (Wildman–Crippen MR) is 120 cm³/mol. The topological polar surface area (TPSA) is 50.8 Å². The monoisotopic (exact) mass is 506 g/mol. The molecule has 28 heavy (non-hydrogen) atoms. The van der Waals surface area contributed by atoms with Gasteiger partial charge in [0.05, 0.1) is 7.11 Å². The van der Waals surface area contributed by atoms with Gasteiger partial charge in [-0.25, -0.2) is 0 Å². The van der Waals surface area contributed by atoms with E-state index in [4.69, 9.17) is 21.7 Å². The first-order valence-corrected chi connectivity index (χ1v) is 10.5. The van der Waals surface area contributed by atoms with Crippen LogP contribution in [-0.4, -0.2) is 29.1 Å². The summed E-state index contributed by atoms with van der Waals surface area (Å²) in [6.07, 6.45) is 3.86. The summed E-state index contributed by atoms with van der Waals surface area (Å²) < 4.78 is 12.5. The second kappa shape index (κ2) is 8.08. The fraction of sp³-hybridized carbons (Fsp3) is 0.238. The molecule has 0 radical (unpaired) electrons. The van der Waals surface area contributed by atoms with Gasteiger partial charge in [0.25, 0.3) is 5.91 Å². The average molecular weight is 506 g/mol. The zero-order valence-corrected chi connectivity index (χ0v) is 18.2. The van der Waals surface area contributed by atoms with Gasteiger partial charge in [0.2, 0.25) is 0 Å². The zero-order valence-electron chi connectivity index (χ0n) is 15.3. The quantitative estimate of drug-likeness (QED) is 0.364. The first-order valence-electron chi connectivity index (χ1n) is 8.96. The smallest absolute Gasteiger partial charge is 0.276 e. The van der Waals surface area contributed by atoms with Crippen molar-refractivity contribution < 1.29 is 14.3 Å². The summed E-state index contributed by atoms with van der Waals surface area (Å²) in [6, 6.07) is 13.9. The average Bonchev–Trinajstić information content (AvgIpc) is 3.48. The minimum absolute atomic E-state index is 0.0555. The maximum atomic E-state index is 12.6. The van der Waals surface area contributed by atoms with Crippen LogP contribution >= 0.6 is 34.8 Å². The number of methoxy groups -OCH3 is 1. The lowest BCUT2D eigenvalue weighted by Crippen LogP contribution is -2.32. The van der Waals surface area contributed by atoms with Crippen LogP contribution < -0.4 is 14.8 Å². The molecule has 4 rings (SSSR count). The lowest BCUT2D eigenvalue weighted by molar-refractivity contribution is -0.122. The van der Waals surface area contributed by atoms with E-state index in [0.29, 0.717) is 17.4 Å². The standard InChI is InChI=1S/C21H19IN2O3S/c1-26-19-9-2-13(10-14(19)12-27-17-7-3-15(22)4-8-17)11-18-20(25)24(16-5-6-16)21(28)23-18/h2-4,7-11,16H,5-6,12H2,1H3,(H,23,28)/b18-11+. The molecule has 2 aromatic carbocycles. The van der Waals surface area contributed by atoms with E-state index in [1.807, 2.05) is 48.5 Å². The Morgan fingerprint density at radius 1 is 1.25 bits per heavy atom. The Hall–Kier alpha value is -2.13. The maximum Gasteiger partial charge on any atom is 0.276 e. The number of thiocarbonyl (C=S) groups is 1. The Bertz CT molecular complexity index is 955. The second-order valence-electron chi connectivity index (χ2n) is 6.71. The van der Waals surface area contributed by atoms with Gasteiger partial charge in [-0.05, 0) is 95.7 Å². The summed E-state index contributed by atoms with van der Waals surface area (Å²) in [5, 5.41) is 3.54. The SMILES string of the molecule is COc1ccc(/C=C2/NC(=S)N(C3CC3)C2=O)cc1COc1ccc(I)cc1. The van der Waals surface area contributed by atoms with Crippen molar-refractivity contribution in [3.63, 3.8) is 0 Å². The van der Waals surface area contributed by atoms with Crippen LogP contribution in [0, 0.1) is 3.57 Å². The number of ether oxygens (including phenoxy) is 2. The molecule has 0 aromatic heterocycles. The molecular weight excluding hydrogens is 487 g/mol. The molecule has 7 heteroatoms. The van der Waals surface area contributed by atoms with Crippen LogP contribution in [0.15, 0.2) is 48.2 Å². The second-order valence-corrected chi connectivity index (χ2v) is 8.34. The highest BCUT2D eigenvalue weighted by atomic mass is 127. The third kappa shape index (κ3) is 4.15. The van der Waals surface area contributed by atoms with Gasteiger partial charge in [0, 0.05) is 15.2 Å². The summed E-state index contributed by atoms with van der Waals surface area (Å²) in [7, 11) is 1.63. The van der Waals surface area contributed by atoms with E-state index >= 15 is 0 Å². The normalized spacial score (nSPS) is 17.8. The van der Waals surface area contributed by atoms with E-state index in [1.165, 1.54) is 0 Å². The van der Waals surface area contributed by atoms with E-state index in [-0.39, 0.29) is 11.9 Å². The Morgan fingerprint density at radius 2 is 2.00 bits per heavy atom. The Balaban J connectivity index is 1.53. The highest BCUT2D eigenvalue weighted by molar-refractivity contribution is 14.1. The van der Waals surface area contributed by atoms with E-state index in [1.54, 1.807) is 12.0 Å². The first kappa shape index (κ1) is 19.2. The predicted octanol–water partition coefficient (Wildman–Crippen LogP) is 4.10. The minimum Gasteiger partial charge on any atom is -0.496 e. The maximum absolute atomic E-state index is 12.6. The molecule has 0 unspecified atom stereocenters. The van der Waals surface area contributed by atoms with Crippen molar-refractivity contribution >= 4 is 51.9 Å². The van der Waals surface area contributed by atoms with Crippen LogP contribution in [0.1, 0.15) is 24.0 Å². The van der Waals surface area contributed by atoms with Crippen LogP contribution in [0.5, 0.6) is 11.5 Å². The van der Waals surface area contributed by atoms with Gasteiger partial charge < -0.3 is 14.8 Å². The van der Waals surface area contributed by atoms with E-state index < -0.39 is 0 Å². The van der Waals surface area contributed by atoms with Gasteiger partial charge in [0.1, 0.15) is 23.8 Å². The number of hydrogen-bond acceptors (Lipinski definition) is 4. The van der Waals surface area contributed by atoms with Crippen LogP contribution in [0.25, 0.3) is 6.08 Å².